The van der Waals surface area contributed by atoms with E-state index in [1.54, 1.807) is 23.5 Å². The summed E-state index contributed by atoms with van der Waals surface area (Å²) in [5.41, 5.74) is 1.63. The van der Waals surface area contributed by atoms with Crippen LogP contribution in [0.25, 0.3) is 10.2 Å². The van der Waals surface area contributed by atoms with E-state index in [1.165, 1.54) is 15.8 Å². The van der Waals surface area contributed by atoms with Gasteiger partial charge < -0.3 is 0 Å². The van der Waals surface area contributed by atoms with Crippen LogP contribution in [-0.2, 0) is 19.4 Å². The molecule has 0 aliphatic heterocycles. The molecule has 0 radical (unpaired) electrons. The van der Waals surface area contributed by atoms with Crippen molar-refractivity contribution >= 4 is 43.3 Å². The highest BCUT2D eigenvalue weighted by Gasteiger charge is 2.21. The summed E-state index contributed by atoms with van der Waals surface area (Å²) >= 11 is 4.97. The van der Waals surface area contributed by atoms with E-state index in [0.29, 0.717) is 10.9 Å². The van der Waals surface area contributed by atoms with Gasteiger partial charge in [-0.05, 0) is 37.0 Å². The first-order chi connectivity index (χ1) is 11.1. The van der Waals surface area contributed by atoms with E-state index in [0.717, 1.165) is 34.1 Å². The molecule has 0 spiro atoms. The molecule has 0 saturated carbocycles. The molecule has 0 atom stereocenters. The van der Waals surface area contributed by atoms with Crippen LogP contribution in [0.5, 0.6) is 0 Å². The van der Waals surface area contributed by atoms with Crippen LogP contribution < -0.4 is 5.56 Å². The third-order valence-corrected chi connectivity index (χ3v) is 5.85. The number of aryl methyl sites for hydroxylation is 2. The highest BCUT2D eigenvalue weighted by molar-refractivity contribution is 9.10. The molecule has 116 valence electrons. The number of benzene rings is 1. The number of thiophene rings is 1. The quantitative estimate of drug-likeness (QED) is 0.644. The predicted octanol–water partition coefficient (Wildman–Crippen LogP) is 3.59. The number of carbonyl (C=O) groups excluding carboxylic acids is 1. The fraction of sp³-hybridized carbons (Fsp3) is 0.235. The van der Waals surface area contributed by atoms with Crippen LogP contribution in [0.4, 0.5) is 0 Å². The molecule has 6 heteroatoms. The Hall–Kier alpha value is -1.79. The number of Topliss-reactive ketones (excluding diaryl/α,β-unsaturated/α-hetero) is 1. The van der Waals surface area contributed by atoms with Gasteiger partial charge in [-0.1, -0.05) is 28.1 Å². The third-order valence-electron chi connectivity index (χ3n) is 4.15. The molecule has 1 aliphatic carbocycles. The number of halogens is 1. The van der Waals surface area contributed by atoms with E-state index in [1.807, 2.05) is 12.1 Å². The first kappa shape index (κ1) is 14.8. The predicted molar refractivity (Wildman–Crippen MR) is 94.4 cm³/mol. The number of hydrogen-bond donors (Lipinski definition) is 0. The molecule has 23 heavy (non-hydrogen) atoms. The van der Waals surface area contributed by atoms with Crippen LogP contribution in [-0.4, -0.2) is 15.3 Å². The van der Waals surface area contributed by atoms with E-state index < -0.39 is 0 Å². The molecule has 4 rings (SSSR count). The van der Waals surface area contributed by atoms with E-state index in [-0.39, 0.29) is 17.9 Å². The van der Waals surface area contributed by atoms with Crippen LogP contribution in [0.3, 0.4) is 0 Å². The van der Waals surface area contributed by atoms with Gasteiger partial charge in [0, 0.05) is 14.9 Å². The van der Waals surface area contributed by atoms with E-state index in [9.17, 15) is 9.59 Å². The minimum Gasteiger partial charge on any atom is -0.292 e. The van der Waals surface area contributed by atoms with Crippen molar-refractivity contribution < 1.29 is 4.79 Å². The molecule has 0 unspecified atom stereocenters. The molecule has 2 aromatic heterocycles. The van der Waals surface area contributed by atoms with Crippen molar-refractivity contribution in [3.8, 4) is 0 Å². The zero-order chi connectivity index (χ0) is 16.0. The Kier molecular flexibility index (Phi) is 3.66. The van der Waals surface area contributed by atoms with Crippen molar-refractivity contribution in [1.29, 1.82) is 0 Å². The van der Waals surface area contributed by atoms with Crippen LogP contribution in [0.1, 0.15) is 27.2 Å². The molecule has 0 saturated heterocycles. The maximum Gasteiger partial charge on any atom is 0.262 e. The molecule has 0 N–H and O–H groups in total. The van der Waals surface area contributed by atoms with Crippen molar-refractivity contribution in [3.63, 3.8) is 0 Å². The fourth-order valence-corrected chi connectivity index (χ4v) is 4.66. The van der Waals surface area contributed by atoms with Gasteiger partial charge in [0.1, 0.15) is 4.83 Å². The van der Waals surface area contributed by atoms with Gasteiger partial charge in [0.05, 0.1) is 18.3 Å². The Morgan fingerprint density at radius 2 is 2.22 bits per heavy atom. The number of aromatic nitrogens is 2. The first-order valence-corrected chi connectivity index (χ1v) is 9.03. The Balaban J connectivity index is 1.74. The van der Waals surface area contributed by atoms with E-state index in [4.69, 9.17) is 0 Å². The van der Waals surface area contributed by atoms with Crippen LogP contribution in [0.2, 0.25) is 0 Å². The van der Waals surface area contributed by atoms with Crippen LogP contribution in [0, 0.1) is 0 Å². The van der Waals surface area contributed by atoms with E-state index >= 15 is 0 Å². The maximum absolute atomic E-state index is 12.8. The van der Waals surface area contributed by atoms with Crippen molar-refractivity contribution in [3.05, 3.63) is 61.4 Å². The van der Waals surface area contributed by atoms with Crippen molar-refractivity contribution in [2.45, 2.75) is 25.8 Å². The number of carbonyl (C=O) groups is 1. The zero-order valence-electron chi connectivity index (χ0n) is 12.2. The summed E-state index contributed by atoms with van der Waals surface area (Å²) in [6, 6.07) is 7.20. The lowest BCUT2D eigenvalue weighted by Gasteiger charge is -2.06. The molecule has 0 bridgehead atoms. The molecule has 1 aliphatic rings. The molecular weight excluding hydrogens is 376 g/mol. The Bertz CT molecular complexity index is 990. The molecule has 4 nitrogen and oxygen atoms in total. The van der Waals surface area contributed by atoms with Crippen LogP contribution in [0.15, 0.2) is 39.9 Å². The average molecular weight is 389 g/mol. The van der Waals surface area contributed by atoms with Gasteiger partial charge in [-0.15, -0.1) is 11.3 Å². The molecule has 0 fully saturated rings. The highest BCUT2D eigenvalue weighted by Crippen LogP contribution is 2.34. The summed E-state index contributed by atoms with van der Waals surface area (Å²) in [7, 11) is 0. The molecule has 3 aromatic rings. The second kappa shape index (κ2) is 5.69. The number of nitrogens with zero attached hydrogens (tertiary/aromatic N) is 2. The smallest absolute Gasteiger partial charge is 0.262 e. The fourth-order valence-electron chi connectivity index (χ4n) is 3.04. The minimum absolute atomic E-state index is 0.0167. The van der Waals surface area contributed by atoms with Gasteiger partial charge >= 0.3 is 0 Å². The third kappa shape index (κ3) is 2.56. The second-order valence-electron chi connectivity index (χ2n) is 5.65. The maximum atomic E-state index is 12.8. The van der Waals surface area contributed by atoms with Gasteiger partial charge in [-0.25, -0.2) is 4.98 Å². The number of ketones is 1. The lowest BCUT2D eigenvalue weighted by atomic mass is 10.1. The Labute approximate surface area is 144 Å². The molecule has 0 amide bonds. The second-order valence-corrected chi connectivity index (χ2v) is 7.65. The zero-order valence-corrected chi connectivity index (χ0v) is 14.6. The Morgan fingerprint density at radius 3 is 3.04 bits per heavy atom. The van der Waals surface area contributed by atoms with Gasteiger partial charge in [0.2, 0.25) is 0 Å². The number of rotatable bonds is 3. The largest absolute Gasteiger partial charge is 0.292 e. The van der Waals surface area contributed by atoms with Crippen molar-refractivity contribution in [1.82, 2.24) is 9.55 Å². The summed E-state index contributed by atoms with van der Waals surface area (Å²) in [5, 5.41) is 0.715. The van der Waals surface area contributed by atoms with Gasteiger partial charge in [0.15, 0.2) is 5.78 Å². The summed E-state index contributed by atoms with van der Waals surface area (Å²) in [4.78, 5) is 31.6. The number of fused-ring (bicyclic) bond motifs is 3. The van der Waals surface area contributed by atoms with Gasteiger partial charge in [0.25, 0.3) is 5.56 Å². The number of hydrogen-bond acceptors (Lipinski definition) is 4. The normalized spacial score (nSPS) is 13.4. The monoisotopic (exact) mass is 388 g/mol. The SMILES string of the molecule is O=C(Cn1cnc2sc3c(c2c1=O)CCC3)c1cccc(Br)c1. The van der Waals surface area contributed by atoms with Crippen LogP contribution >= 0.6 is 27.3 Å². The molecule has 2 heterocycles. The summed E-state index contributed by atoms with van der Waals surface area (Å²) in [6.07, 6.45) is 4.57. The van der Waals surface area contributed by atoms with E-state index in [2.05, 4.69) is 20.9 Å². The first-order valence-electron chi connectivity index (χ1n) is 7.42. The van der Waals surface area contributed by atoms with Crippen molar-refractivity contribution in [2.75, 3.05) is 0 Å². The highest BCUT2D eigenvalue weighted by atomic mass is 79.9. The lowest BCUT2D eigenvalue weighted by molar-refractivity contribution is 0.0970. The molecular formula is C17H13BrN2O2S. The minimum atomic E-state index is -0.0993. The summed E-state index contributed by atoms with van der Waals surface area (Å²) < 4.78 is 2.27. The lowest BCUT2D eigenvalue weighted by Crippen LogP contribution is -2.24. The topological polar surface area (TPSA) is 52.0 Å². The summed E-state index contributed by atoms with van der Waals surface area (Å²) in [6.45, 7) is 0.0167. The summed E-state index contributed by atoms with van der Waals surface area (Å²) in [5.74, 6) is -0.0959. The standard InChI is InChI=1S/C17H13BrN2O2S/c18-11-4-1-3-10(7-11)13(21)8-20-9-19-16-15(17(20)22)12-5-2-6-14(12)23-16/h1,3-4,7,9H,2,5-6,8H2. The Morgan fingerprint density at radius 1 is 1.35 bits per heavy atom. The van der Waals surface area contributed by atoms with Gasteiger partial charge in [-0.2, -0.15) is 0 Å². The van der Waals surface area contributed by atoms with Crippen molar-refractivity contribution in [2.24, 2.45) is 0 Å². The average Bonchev–Trinajstić information content (AvgIpc) is 3.10. The van der Waals surface area contributed by atoms with Gasteiger partial charge in [-0.3, -0.25) is 14.2 Å². The molecule has 1 aromatic carbocycles.